The van der Waals surface area contributed by atoms with Crippen LogP contribution < -0.4 is 9.80 Å². The molecule has 6 heteroatoms. The number of imidazole rings is 1. The molecular formula is C15H20FN5. The van der Waals surface area contributed by atoms with E-state index in [0.717, 1.165) is 43.3 Å². The quantitative estimate of drug-likeness (QED) is 0.850. The Balaban J connectivity index is 1.73. The lowest BCUT2D eigenvalue weighted by Crippen LogP contribution is -2.37. The highest BCUT2D eigenvalue weighted by molar-refractivity contribution is 5.71. The van der Waals surface area contributed by atoms with Crippen LogP contribution in [-0.4, -0.2) is 46.7 Å². The molecule has 0 N–H and O–H groups in total. The molecule has 21 heavy (non-hydrogen) atoms. The van der Waals surface area contributed by atoms with Crippen LogP contribution in [0.2, 0.25) is 0 Å². The van der Waals surface area contributed by atoms with Crippen LogP contribution in [-0.2, 0) is 0 Å². The van der Waals surface area contributed by atoms with Gasteiger partial charge in [0.1, 0.15) is 11.7 Å². The predicted molar refractivity (Wildman–Crippen MR) is 80.8 cm³/mol. The smallest absolute Gasteiger partial charge is 0.210 e. The van der Waals surface area contributed by atoms with Crippen LogP contribution in [0.5, 0.6) is 0 Å². The number of alkyl halides is 1. The molecular weight excluding hydrogens is 269 g/mol. The van der Waals surface area contributed by atoms with E-state index in [-0.39, 0.29) is 0 Å². The molecule has 2 aromatic heterocycles. The number of fused-ring (bicyclic) bond motifs is 1. The molecule has 4 rings (SSSR count). The number of nitrogens with zero attached hydrogens (tertiary/aromatic N) is 5. The second-order valence-corrected chi connectivity index (χ2v) is 5.94. The van der Waals surface area contributed by atoms with Gasteiger partial charge in [-0.3, -0.25) is 4.40 Å². The fourth-order valence-electron chi connectivity index (χ4n) is 3.41. The van der Waals surface area contributed by atoms with Crippen molar-refractivity contribution in [3.05, 3.63) is 18.6 Å². The molecule has 2 saturated heterocycles. The summed E-state index contributed by atoms with van der Waals surface area (Å²) >= 11 is 0. The van der Waals surface area contributed by atoms with Gasteiger partial charge in [-0.1, -0.05) is 0 Å². The molecule has 4 heterocycles. The third kappa shape index (κ3) is 2.22. The minimum Gasteiger partial charge on any atom is -0.355 e. The summed E-state index contributed by atoms with van der Waals surface area (Å²) in [5, 5.41) is 0. The normalized spacial score (nSPS) is 23.2. The first-order valence-corrected chi connectivity index (χ1v) is 7.79. The Labute approximate surface area is 123 Å². The van der Waals surface area contributed by atoms with E-state index in [0.29, 0.717) is 13.0 Å². The molecule has 0 spiro atoms. The zero-order valence-electron chi connectivity index (χ0n) is 12.1. The minimum atomic E-state index is -0.744. The number of piperidine rings is 1. The van der Waals surface area contributed by atoms with Crippen LogP contribution in [0.3, 0.4) is 0 Å². The van der Waals surface area contributed by atoms with Crippen LogP contribution in [0.1, 0.15) is 25.7 Å². The Morgan fingerprint density at radius 2 is 1.86 bits per heavy atom. The van der Waals surface area contributed by atoms with Crippen LogP contribution in [0.15, 0.2) is 18.6 Å². The van der Waals surface area contributed by atoms with Crippen molar-refractivity contribution in [1.29, 1.82) is 0 Å². The fourth-order valence-corrected chi connectivity index (χ4v) is 3.41. The first kappa shape index (κ1) is 12.9. The lowest BCUT2D eigenvalue weighted by atomic mass is 10.1. The average Bonchev–Trinajstić information content (AvgIpc) is 3.16. The zero-order chi connectivity index (χ0) is 14.2. The third-order valence-electron chi connectivity index (χ3n) is 4.47. The molecule has 112 valence electrons. The van der Waals surface area contributed by atoms with E-state index in [4.69, 9.17) is 0 Å². The molecule has 2 aromatic rings. The van der Waals surface area contributed by atoms with Gasteiger partial charge in [0.15, 0.2) is 5.82 Å². The van der Waals surface area contributed by atoms with E-state index < -0.39 is 6.17 Å². The van der Waals surface area contributed by atoms with Crippen molar-refractivity contribution in [3.8, 4) is 0 Å². The van der Waals surface area contributed by atoms with Gasteiger partial charge in [0.2, 0.25) is 5.95 Å². The lowest BCUT2D eigenvalue weighted by molar-refractivity contribution is 0.285. The van der Waals surface area contributed by atoms with Gasteiger partial charge in [-0.15, -0.1) is 0 Å². The summed E-state index contributed by atoms with van der Waals surface area (Å²) in [6.45, 7) is 3.44. The van der Waals surface area contributed by atoms with Crippen molar-refractivity contribution >= 4 is 17.3 Å². The maximum Gasteiger partial charge on any atom is 0.210 e. The highest BCUT2D eigenvalue weighted by atomic mass is 19.1. The van der Waals surface area contributed by atoms with Gasteiger partial charge in [-0.05, 0) is 25.7 Å². The Kier molecular flexibility index (Phi) is 3.16. The second kappa shape index (κ2) is 5.16. The largest absolute Gasteiger partial charge is 0.355 e. The van der Waals surface area contributed by atoms with Gasteiger partial charge in [-0.25, -0.2) is 14.4 Å². The van der Waals surface area contributed by atoms with E-state index in [1.54, 1.807) is 0 Å². The molecule has 2 aliphatic rings. The van der Waals surface area contributed by atoms with E-state index >= 15 is 0 Å². The fraction of sp³-hybridized carbons (Fsp3) is 0.600. The van der Waals surface area contributed by atoms with Crippen molar-refractivity contribution in [2.45, 2.75) is 31.9 Å². The summed E-state index contributed by atoms with van der Waals surface area (Å²) in [5.74, 6) is 1.85. The van der Waals surface area contributed by atoms with E-state index in [2.05, 4.69) is 24.2 Å². The lowest BCUT2D eigenvalue weighted by Gasteiger charge is -2.29. The van der Waals surface area contributed by atoms with Crippen molar-refractivity contribution < 1.29 is 4.39 Å². The van der Waals surface area contributed by atoms with E-state index in [1.807, 2.05) is 18.6 Å². The summed E-state index contributed by atoms with van der Waals surface area (Å²) in [6, 6.07) is 0. The van der Waals surface area contributed by atoms with Crippen LogP contribution in [0, 0.1) is 0 Å². The van der Waals surface area contributed by atoms with E-state index in [9.17, 15) is 4.39 Å². The molecule has 2 fully saturated rings. The van der Waals surface area contributed by atoms with Crippen molar-refractivity contribution in [1.82, 2.24) is 14.4 Å². The Morgan fingerprint density at radius 3 is 2.67 bits per heavy atom. The molecule has 2 aliphatic heterocycles. The first-order chi connectivity index (χ1) is 10.3. The van der Waals surface area contributed by atoms with Gasteiger partial charge in [-0.2, -0.15) is 0 Å². The van der Waals surface area contributed by atoms with Gasteiger partial charge < -0.3 is 9.80 Å². The van der Waals surface area contributed by atoms with Crippen LogP contribution in [0.25, 0.3) is 5.52 Å². The standard InChI is InChI=1S/C15H20FN5/c16-12-4-3-8-20(11-12)15-18-10-13-14(17-5-9-21(13)15)19-6-1-2-7-19/h5,9-10,12H,1-4,6-8,11H2. The Bertz CT molecular complexity index is 634. The predicted octanol–water partition coefficient (Wildman–Crippen LogP) is 2.27. The van der Waals surface area contributed by atoms with Crippen molar-refractivity contribution in [2.24, 2.45) is 0 Å². The number of anilines is 2. The Morgan fingerprint density at radius 1 is 1.05 bits per heavy atom. The molecule has 0 aromatic carbocycles. The highest BCUT2D eigenvalue weighted by Crippen LogP contribution is 2.27. The topological polar surface area (TPSA) is 36.7 Å². The maximum atomic E-state index is 13.7. The van der Waals surface area contributed by atoms with E-state index in [1.165, 1.54) is 12.8 Å². The second-order valence-electron chi connectivity index (χ2n) is 5.94. The number of aromatic nitrogens is 3. The maximum absolute atomic E-state index is 13.7. The number of rotatable bonds is 2. The van der Waals surface area contributed by atoms with Crippen molar-refractivity contribution in [2.75, 3.05) is 36.0 Å². The molecule has 0 radical (unpaired) electrons. The summed E-state index contributed by atoms with van der Waals surface area (Å²) in [7, 11) is 0. The van der Waals surface area contributed by atoms with Crippen LogP contribution in [0.4, 0.5) is 16.2 Å². The molecule has 0 aliphatic carbocycles. The van der Waals surface area contributed by atoms with Gasteiger partial charge in [0, 0.05) is 32.0 Å². The van der Waals surface area contributed by atoms with Crippen molar-refractivity contribution in [3.63, 3.8) is 0 Å². The number of halogens is 1. The minimum absolute atomic E-state index is 0.445. The number of hydrogen-bond acceptors (Lipinski definition) is 4. The van der Waals surface area contributed by atoms with Gasteiger partial charge >= 0.3 is 0 Å². The summed E-state index contributed by atoms with van der Waals surface area (Å²) in [5.41, 5.74) is 1.02. The summed E-state index contributed by atoms with van der Waals surface area (Å²) in [6.07, 6.45) is 8.88. The molecule has 1 unspecified atom stereocenters. The van der Waals surface area contributed by atoms with Gasteiger partial charge in [0.25, 0.3) is 0 Å². The zero-order valence-corrected chi connectivity index (χ0v) is 12.1. The Hall–Kier alpha value is -1.85. The molecule has 5 nitrogen and oxygen atoms in total. The molecule has 0 bridgehead atoms. The molecule has 0 saturated carbocycles. The highest BCUT2D eigenvalue weighted by Gasteiger charge is 2.24. The SMILES string of the molecule is FC1CCCN(c2ncc3c(N4CCCC4)nccn23)C1. The monoisotopic (exact) mass is 289 g/mol. The van der Waals surface area contributed by atoms with Gasteiger partial charge in [0.05, 0.1) is 12.7 Å². The molecule has 1 atom stereocenters. The molecule has 0 amide bonds. The summed E-state index contributed by atoms with van der Waals surface area (Å²) < 4.78 is 15.7. The third-order valence-corrected chi connectivity index (χ3v) is 4.47. The first-order valence-electron chi connectivity index (χ1n) is 7.79. The number of hydrogen-bond donors (Lipinski definition) is 0. The summed E-state index contributed by atoms with van der Waals surface area (Å²) in [4.78, 5) is 13.4. The average molecular weight is 289 g/mol. The van der Waals surface area contributed by atoms with Crippen LogP contribution >= 0.6 is 0 Å².